The minimum atomic E-state index is -5.04. The fraction of sp³-hybridized carbons (Fsp3) is 0.400. The third kappa shape index (κ3) is 3.12. The van der Waals surface area contributed by atoms with Gasteiger partial charge in [0.25, 0.3) is 5.69 Å². The van der Waals surface area contributed by atoms with E-state index >= 15 is 0 Å². The van der Waals surface area contributed by atoms with Crippen LogP contribution in [0.1, 0.15) is 12.8 Å². The number of nitro groups is 1. The molecule has 2 rings (SSSR count). The second kappa shape index (κ2) is 5.09. The lowest BCUT2D eigenvalue weighted by atomic mass is 10.3. The Bertz CT molecular complexity index is 769. The maximum atomic E-state index is 12.8. The number of hydrogen-bond donors (Lipinski definition) is 0. The van der Waals surface area contributed by atoms with Crippen LogP contribution in [0.4, 0.5) is 15.3 Å². The van der Waals surface area contributed by atoms with E-state index in [4.69, 9.17) is 0 Å². The molecule has 7 nitrogen and oxygen atoms in total. The molecule has 10 heteroatoms. The molecule has 0 bridgehead atoms. The number of halogens is 1. The molecule has 0 unspecified atom stereocenters. The molecular formula is C10H11FN2O5S2. The highest BCUT2D eigenvalue weighted by Crippen LogP contribution is 2.32. The van der Waals surface area contributed by atoms with Crippen molar-refractivity contribution in [3.05, 3.63) is 28.3 Å². The van der Waals surface area contributed by atoms with Crippen LogP contribution in [0, 0.1) is 10.1 Å². The van der Waals surface area contributed by atoms with E-state index in [1.165, 1.54) is 0 Å². The predicted octanol–water partition coefficient (Wildman–Crippen LogP) is 2.15. The predicted molar refractivity (Wildman–Crippen MR) is 70.6 cm³/mol. The van der Waals surface area contributed by atoms with Gasteiger partial charge in [-0.3, -0.25) is 10.1 Å². The van der Waals surface area contributed by atoms with E-state index < -0.39 is 35.5 Å². The zero-order chi connectivity index (χ0) is 15.0. The molecule has 1 aromatic carbocycles. The van der Waals surface area contributed by atoms with Crippen molar-refractivity contribution in [1.29, 1.82) is 0 Å². The first kappa shape index (κ1) is 14.9. The lowest BCUT2D eigenvalue weighted by molar-refractivity contribution is -0.384. The van der Waals surface area contributed by atoms with Gasteiger partial charge < -0.3 is 0 Å². The molecule has 0 amide bonds. The van der Waals surface area contributed by atoms with Crippen molar-refractivity contribution < 1.29 is 21.4 Å². The Morgan fingerprint density at radius 3 is 2.40 bits per heavy atom. The fourth-order valence-corrected chi connectivity index (χ4v) is 4.60. The van der Waals surface area contributed by atoms with Gasteiger partial charge in [-0.15, -0.1) is 3.89 Å². The standard InChI is InChI=1S/C10H11FN2O5S2/c11-20(17,18)8-3-4-9(10(7-8)13(14)15)12-19(16)5-1-2-6-19/h3-4,7H,1-2,5-6H2. The van der Waals surface area contributed by atoms with Crippen LogP contribution < -0.4 is 0 Å². The number of nitrogens with zero attached hydrogens (tertiary/aromatic N) is 2. The average Bonchev–Trinajstić information content (AvgIpc) is 2.74. The largest absolute Gasteiger partial charge is 0.332 e. The highest BCUT2D eigenvalue weighted by atomic mass is 32.3. The zero-order valence-electron chi connectivity index (χ0n) is 10.2. The summed E-state index contributed by atoms with van der Waals surface area (Å²) in [5.74, 6) is 0.709. The molecule has 0 atom stereocenters. The zero-order valence-corrected chi connectivity index (χ0v) is 11.8. The van der Waals surface area contributed by atoms with Crippen molar-refractivity contribution in [2.45, 2.75) is 17.7 Å². The Balaban J connectivity index is 2.61. The Morgan fingerprint density at radius 1 is 1.30 bits per heavy atom. The quantitative estimate of drug-likeness (QED) is 0.481. The summed E-state index contributed by atoms with van der Waals surface area (Å²) < 4.78 is 50.5. The number of benzene rings is 1. The van der Waals surface area contributed by atoms with Gasteiger partial charge in [0.05, 0.1) is 14.7 Å². The first-order valence-corrected chi connectivity index (χ1v) is 8.91. The molecule has 1 fully saturated rings. The van der Waals surface area contributed by atoms with E-state index in [0.717, 1.165) is 25.0 Å². The molecule has 0 N–H and O–H groups in total. The normalized spacial score (nSPS) is 17.9. The smallest absolute Gasteiger partial charge is 0.258 e. The van der Waals surface area contributed by atoms with E-state index in [1.54, 1.807) is 0 Å². The van der Waals surface area contributed by atoms with Gasteiger partial charge in [0.15, 0.2) is 5.69 Å². The molecule has 1 aliphatic rings. The van der Waals surface area contributed by atoms with Crippen LogP contribution in [0.2, 0.25) is 0 Å². The summed E-state index contributed by atoms with van der Waals surface area (Å²) in [6.07, 6.45) is 1.46. The Labute approximate surface area is 115 Å². The molecule has 0 spiro atoms. The topological polar surface area (TPSA) is 107 Å². The molecule has 1 saturated heterocycles. The highest BCUT2D eigenvalue weighted by molar-refractivity contribution is 7.94. The second-order valence-electron chi connectivity index (χ2n) is 4.32. The summed E-state index contributed by atoms with van der Waals surface area (Å²) in [6.45, 7) is 0. The van der Waals surface area contributed by atoms with Gasteiger partial charge in [-0.2, -0.15) is 12.8 Å². The van der Waals surface area contributed by atoms with E-state index in [-0.39, 0.29) is 5.69 Å². The summed E-state index contributed by atoms with van der Waals surface area (Å²) in [5.41, 5.74) is -0.854. The van der Waals surface area contributed by atoms with Gasteiger partial charge in [-0.1, -0.05) is 0 Å². The molecule has 20 heavy (non-hydrogen) atoms. The van der Waals surface area contributed by atoms with E-state index in [2.05, 4.69) is 4.36 Å². The van der Waals surface area contributed by atoms with Crippen molar-refractivity contribution in [2.24, 2.45) is 4.36 Å². The summed E-state index contributed by atoms with van der Waals surface area (Å²) >= 11 is 0. The lowest BCUT2D eigenvalue weighted by Gasteiger charge is -2.03. The van der Waals surface area contributed by atoms with Gasteiger partial charge in [0, 0.05) is 17.6 Å². The SMILES string of the molecule is O=[N+]([O-])c1cc(S(=O)(=O)F)ccc1N=S1(=O)CCCC1. The van der Waals surface area contributed by atoms with Gasteiger partial charge in [-0.25, -0.2) is 4.21 Å². The van der Waals surface area contributed by atoms with E-state index in [9.17, 15) is 26.6 Å². The van der Waals surface area contributed by atoms with Crippen LogP contribution in [0.3, 0.4) is 0 Å². The molecule has 1 heterocycles. The average molecular weight is 322 g/mol. The van der Waals surface area contributed by atoms with Crippen LogP contribution in [0.5, 0.6) is 0 Å². The van der Waals surface area contributed by atoms with Gasteiger partial charge in [0.2, 0.25) is 0 Å². The van der Waals surface area contributed by atoms with E-state index in [0.29, 0.717) is 17.6 Å². The molecule has 110 valence electrons. The maximum Gasteiger partial charge on any atom is 0.332 e. The summed E-state index contributed by atoms with van der Waals surface area (Å²) in [5, 5.41) is 10.9. The molecule has 0 saturated carbocycles. The number of rotatable bonds is 3. The Hall–Kier alpha value is -1.55. The van der Waals surface area contributed by atoms with Gasteiger partial charge in [-0.05, 0) is 25.0 Å². The number of hydrogen-bond acceptors (Lipinski definition) is 6. The van der Waals surface area contributed by atoms with Crippen LogP contribution in [-0.2, 0) is 20.0 Å². The van der Waals surface area contributed by atoms with Crippen LogP contribution in [0.15, 0.2) is 27.5 Å². The van der Waals surface area contributed by atoms with Crippen molar-refractivity contribution in [1.82, 2.24) is 0 Å². The van der Waals surface area contributed by atoms with Crippen molar-refractivity contribution >= 4 is 31.3 Å². The first-order valence-electron chi connectivity index (χ1n) is 5.67. The highest BCUT2D eigenvalue weighted by Gasteiger charge is 2.23. The molecule has 0 radical (unpaired) electrons. The summed E-state index contributed by atoms with van der Waals surface area (Å²) in [4.78, 5) is 9.23. The van der Waals surface area contributed by atoms with Crippen LogP contribution in [0.25, 0.3) is 0 Å². The summed E-state index contributed by atoms with van der Waals surface area (Å²) in [6, 6.07) is 2.47. The minimum absolute atomic E-state index is 0.186. The monoisotopic (exact) mass is 322 g/mol. The van der Waals surface area contributed by atoms with Crippen LogP contribution in [-0.4, -0.2) is 29.1 Å². The third-order valence-corrected chi connectivity index (χ3v) is 6.07. The minimum Gasteiger partial charge on any atom is -0.258 e. The molecule has 1 aliphatic heterocycles. The van der Waals surface area contributed by atoms with Crippen molar-refractivity contribution in [2.75, 3.05) is 11.5 Å². The maximum absolute atomic E-state index is 12.8. The van der Waals surface area contributed by atoms with Crippen molar-refractivity contribution in [3.8, 4) is 0 Å². The third-order valence-electron chi connectivity index (χ3n) is 2.87. The summed E-state index contributed by atoms with van der Waals surface area (Å²) in [7, 11) is -7.57. The molecule has 1 aromatic rings. The Morgan fingerprint density at radius 2 is 1.90 bits per heavy atom. The first-order chi connectivity index (χ1) is 9.21. The van der Waals surface area contributed by atoms with E-state index in [1.807, 2.05) is 0 Å². The number of nitro benzene ring substituents is 1. The van der Waals surface area contributed by atoms with Crippen LogP contribution >= 0.6 is 0 Å². The van der Waals surface area contributed by atoms with Gasteiger partial charge in [0.1, 0.15) is 4.90 Å². The molecule has 0 aliphatic carbocycles. The molecular weight excluding hydrogens is 311 g/mol. The fourth-order valence-electron chi connectivity index (χ4n) is 1.91. The van der Waals surface area contributed by atoms with Crippen molar-refractivity contribution in [3.63, 3.8) is 0 Å². The second-order valence-corrected chi connectivity index (χ2v) is 8.22. The van der Waals surface area contributed by atoms with Gasteiger partial charge >= 0.3 is 10.2 Å². The Kier molecular flexibility index (Phi) is 3.78. The molecule has 0 aromatic heterocycles. The lowest BCUT2D eigenvalue weighted by Crippen LogP contribution is -2.01.